The number of anilines is 3. The molecular formula is C15H16BrN3O. The molecule has 4 nitrogen and oxygen atoms in total. The van der Waals surface area contributed by atoms with Gasteiger partial charge in [0.2, 0.25) is 0 Å². The van der Waals surface area contributed by atoms with Crippen molar-refractivity contribution < 1.29 is 4.79 Å². The zero-order valence-electron chi connectivity index (χ0n) is 11.3. The van der Waals surface area contributed by atoms with Crippen LogP contribution in [0.5, 0.6) is 0 Å². The molecular weight excluding hydrogens is 318 g/mol. The van der Waals surface area contributed by atoms with Crippen LogP contribution in [0.1, 0.15) is 15.9 Å². The van der Waals surface area contributed by atoms with Crippen LogP contribution in [-0.4, -0.2) is 13.0 Å². The molecule has 0 heterocycles. The van der Waals surface area contributed by atoms with Crippen molar-refractivity contribution in [2.45, 2.75) is 6.92 Å². The number of hydrogen-bond donors (Lipinski definition) is 3. The average molecular weight is 334 g/mol. The average Bonchev–Trinajstić information content (AvgIpc) is 2.44. The van der Waals surface area contributed by atoms with Gasteiger partial charge >= 0.3 is 0 Å². The second-order valence-corrected chi connectivity index (χ2v) is 5.34. The lowest BCUT2D eigenvalue weighted by molar-refractivity contribution is 0.0963. The van der Waals surface area contributed by atoms with Crippen LogP contribution in [-0.2, 0) is 0 Å². The smallest absolute Gasteiger partial charge is 0.251 e. The molecule has 2 aromatic rings. The summed E-state index contributed by atoms with van der Waals surface area (Å²) in [5.41, 5.74) is 9.86. The Kier molecular flexibility index (Phi) is 4.29. The summed E-state index contributed by atoms with van der Waals surface area (Å²) in [5.74, 6) is -0.142. The van der Waals surface area contributed by atoms with Gasteiger partial charge < -0.3 is 16.4 Å². The third-order valence-corrected chi connectivity index (χ3v) is 3.63. The zero-order chi connectivity index (χ0) is 14.7. The highest BCUT2D eigenvalue weighted by Crippen LogP contribution is 2.30. The van der Waals surface area contributed by atoms with Gasteiger partial charge in [-0.1, -0.05) is 6.07 Å². The van der Waals surface area contributed by atoms with Crippen LogP contribution < -0.4 is 16.4 Å². The minimum Gasteiger partial charge on any atom is -0.397 e. The van der Waals surface area contributed by atoms with E-state index in [1.54, 1.807) is 25.2 Å². The number of nitrogen functional groups attached to an aromatic ring is 1. The molecule has 1 amide bonds. The van der Waals surface area contributed by atoms with Crippen molar-refractivity contribution in [2.75, 3.05) is 18.1 Å². The number of amides is 1. The molecule has 0 saturated carbocycles. The molecule has 5 heteroatoms. The maximum absolute atomic E-state index is 11.7. The van der Waals surface area contributed by atoms with E-state index in [1.807, 2.05) is 25.1 Å². The lowest BCUT2D eigenvalue weighted by Crippen LogP contribution is -2.18. The quantitative estimate of drug-likeness (QED) is 0.753. The Hall–Kier alpha value is -2.01. The fourth-order valence-electron chi connectivity index (χ4n) is 1.83. The monoisotopic (exact) mass is 333 g/mol. The number of aryl methyl sites for hydroxylation is 1. The molecule has 0 radical (unpaired) electrons. The van der Waals surface area contributed by atoms with E-state index >= 15 is 0 Å². The van der Waals surface area contributed by atoms with E-state index in [2.05, 4.69) is 26.6 Å². The van der Waals surface area contributed by atoms with E-state index in [0.717, 1.165) is 15.7 Å². The molecule has 4 N–H and O–H groups in total. The molecule has 0 aliphatic carbocycles. The number of nitrogens with two attached hydrogens (primary N) is 1. The third kappa shape index (κ3) is 3.11. The zero-order valence-corrected chi connectivity index (χ0v) is 12.9. The van der Waals surface area contributed by atoms with Gasteiger partial charge in [0.05, 0.1) is 17.1 Å². The minimum atomic E-state index is -0.142. The second-order valence-electron chi connectivity index (χ2n) is 4.49. The highest BCUT2D eigenvalue weighted by atomic mass is 79.9. The maximum Gasteiger partial charge on any atom is 0.251 e. The lowest BCUT2D eigenvalue weighted by Gasteiger charge is -2.13. The molecule has 0 aliphatic heterocycles. The molecule has 2 aromatic carbocycles. The van der Waals surface area contributed by atoms with Crippen LogP contribution in [0.3, 0.4) is 0 Å². The Balaban J connectivity index is 2.37. The first kappa shape index (κ1) is 14.4. The van der Waals surface area contributed by atoms with Crippen molar-refractivity contribution in [1.29, 1.82) is 0 Å². The summed E-state index contributed by atoms with van der Waals surface area (Å²) >= 11 is 3.49. The van der Waals surface area contributed by atoms with E-state index in [1.165, 1.54) is 0 Å². The first-order valence-electron chi connectivity index (χ1n) is 6.16. The number of hydrogen-bond acceptors (Lipinski definition) is 3. The van der Waals surface area contributed by atoms with Gasteiger partial charge in [-0.25, -0.2) is 0 Å². The van der Waals surface area contributed by atoms with Crippen molar-refractivity contribution in [1.82, 2.24) is 5.32 Å². The van der Waals surface area contributed by atoms with E-state index in [4.69, 9.17) is 5.73 Å². The largest absolute Gasteiger partial charge is 0.397 e. The van der Waals surface area contributed by atoms with Crippen LogP contribution in [0.25, 0.3) is 0 Å². The molecule has 20 heavy (non-hydrogen) atoms. The number of carbonyl (C=O) groups is 1. The topological polar surface area (TPSA) is 67.2 Å². The Morgan fingerprint density at radius 1 is 1.15 bits per heavy atom. The van der Waals surface area contributed by atoms with Gasteiger partial charge in [-0.05, 0) is 58.7 Å². The Morgan fingerprint density at radius 3 is 2.60 bits per heavy atom. The van der Waals surface area contributed by atoms with Crippen molar-refractivity contribution in [3.05, 3.63) is 52.0 Å². The van der Waals surface area contributed by atoms with Crippen molar-refractivity contribution in [2.24, 2.45) is 0 Å². The number of benzene rings is 2. The van der Waals surface area contributed by atoms with Gasteiger partial charge in [0.1, 0.15) is 0 Å². The normalized spacial score (nSPS) is 10.2. The van der Waals surface area contributed by atoms with Gasteiger partial charge in [0.15, 0.2) is 0 Å². The van der Waals surface area contributed by atoms with E-state index in [-0.39, 0.29) is 5.91 Å². The maximum atomic E-state index is 11.7. The fraction of sp³-hybridized carbons (Fsp3) is 0.133. The molecule has 0 saturated heterocycles. The highest BCUT2D eigenvalue weighted by Gasteiger charge is 2.08. The second kappa shape index (κ2) is 5.96. The van der Waals surface area contributed by atoms with Gasteiger partial charge in [-0.3, -0.25) is 4.79 Å². The number of carbonyl (C=O) groups excluding carboxylic acids is 1. The summed E-state index contributed by atoms with van der Waals surface area (Å²) < 4.78 is 0.938. The molecule has 0 bridgehead atoms. The SMILES string of the molecule is CNC(=O)c1ccc(N)c(Nc2cc(C)ccc2Br)c1. The Morgan fingerprint density at radius 2 is 1.90 bits per heavy atom. The van der Waals surface area contributed by atoms with E-state index in [9.17, 15) is 4.79 Å². The van der Waals surface area contributed by atoms with Crippen LogP contribution >= 0.6 is 15.9 Å². The Labute approximate surface area is 126 Å². The summed E-state index contributed by atoms with van der Waals surface area (Å²) in [6, 6.07) is 11.1. The number of rotatable bonds is 3. The van der Waals surface area contributed by atoms with Gasteiger partial charge in [0.25, 0.3) is 5.91 Å². The van der Waals surface area contributed by atoms with Crippen molar-refractivity contribution in [3.63, 3.8) is 0 Å². The van der Waals surface area contributed by atoms with Gasteiger partial charge in [-0.2, -0.15) is 0 Å². The van der Waals surface area contributed by atoms with E-state index < -0.39 is 0 Å². The summed E-state index contributed by atoms with van der Waals surface area (Å²) in [6.45, 7) is 2.02. The van der Waals surface area contributed by atoms with Crippen LogP contribution in [0.2, 0.25) is 0 Å². The first-order chi connectivity index (χ1) is 9.51. The summed E-state index contributed by atoms with van der Waals surface area (Å²) in [5, 5.41) is 5.84. The summed E-state index contributed by atoms with van der Waals surface area (Å²) in [7, 11) is 1.60. The number of nitrogens with one attached hydrogen (secondary N) is 2. The predicted octanol–water partition coefficient (Wildman–Crippen LogP) is 3.44. The molecule has 0 aliphatic rings. The predicted molar refractivity (Wildman–Crippen MR) is 86.4 cm³/mol. The minimum absolute atomic E-state index is 0.142. The van der Waals surface area contributed by atoms with Crippen LogP contribution in [0, 0.1) is 6.92 Å². The number of halogens is 1. The first-order valence-corrected chi connectivity index (χ1v) is 6.95. The fourth-order valence-corrected chi connectivity index (χ4v) is 2.18. The van der Waals surface area contributed by atoms with Gasteiger partial charge in [0, 0.05) is 17.1 Å². The summed E-state index contributed by atoms with van der Waals surface area (Å²) in [6.07, 6.45) is 0. The molecule has 104 valence electrons. The molecule has 0 unspecified atom stereocenters. The van der Waals surface area contributed by atoms with Crippen molar-refractivity contribution in [3.8, 4) is 0 Å². The third-order valence-electron chi connectivity index (χ3n) is 2.93. The van der Waals surface area contributed by atoms with E-state index in [0.29, 0.717) is 16.9 Å². The standard InChI is InChI=1S/C15H16BrN3O/c1-9-3-5-11(16)13(7-9)19-14-8-10(15(20)18-2)4-6-12(14)17/h3-8,19H,17H2,1-2H3,(H,18,20). The molecule has 0 atom stereocenters. The summed E-state index contributed by atoms with van der Waals surface area (Å²) in [4.78, 5) is 11.7. The molecule has 2 rings (SSSR count). The van der Waals surface area contributed by atoms with Crippen LogP contribution in [0.4, 0.5) is 17.1 Å². The molecule has 0 spiro atoms. The van der Waals surface area contributed by atoms with Crippen LogP contribution in [0.15, 0.2) is 40.9 Å². The van der Waals surface area contributed by atoms with Gasteiger partial charge in [-0.15, -0.1) is 0 Å². The highest BCUT2D eigenvalue weighted by molar-refractivity contribution is 9.10. The molecule has 0 fully saturated rings. The Bertz CT molecular complexity index is 656. The van der Waals surface area contributed by atoms with Crippen molar-refractivity contribution >= 4 is 38.9 Å². The lowest BCUT2D eigenvalue weighted by atomic mass is 10.1. The molecule has 0 aromatic heterocycles.